The first-order chi connectivity index (χ1) is 13.7. The van der Waals surface area contributed by atoms with Gasteiger partial charge in [-0.1, -0.05) is 29.3 Å². The highest BCUT2D eigenvalue weighted by Crippen LogP contribution is 2.35. The molecule has 0 amide bonds. The van der Waals surface area contributed by atoms with Crippen molar-refractivity contribution >= 4 is 34.4 Å². The van der Waals surface area contributed by atoms with Gasteiger partial charge in [-0.3, -0.25) is 14.2 Å². The van der Waals surface area contributed by atoms with Gasteiger partial charge in [-0.05, 0) is 57.5 Å². The van der Waals surface area contributed by atoms with Gasteiger partial charge in [0, 0.05) is 16.6 Å². The second-order valence-electron chi connectivity index (χ2n) is 7.29. The Balaban J connectivity index is 2.20. The van der Waals surface area contributed by atoms with Crippen LogP contribution in [0.2, 0.25) is 5.02 Å². The Morgan fingerprint density at radius 2 is 1.76 bits per heavy atom. The molecule has 152 valence electrons. The summed E-state index contributed by atoms with van der Waals surface area (Å²) in [5.41, 5.74) is 3.65. The van der Waals surface area contributed by atoms with Crippen molar-refractivity contribution in [2.45, 2.75) is 40.2 Å². The maximum Gasteiger partial charge on any atom is 0.310 e. The Morgan fingerprint density at radius 3 is 2.34 bits per heavy atom. The lowest BCUT2D eigenvalue weighted by molar-refractivity contribution is -0.146. The number of ether oxygens (including phenoxy) is 2. The zero-order valence-electron chi connectivity index (χ0n) is 17.2. The van der Waals surface area contributed by atoms with E-state index in [0.29, 0.717) is 27.5 Å². The molecule has 0 fully saturated rings. The van der Waals surface area contributed by atoms with Crippen molar-refractivity contribution in [3.05, 3.63) is 63.8 Å². The fourth-order valence-electron chi connectivity index (χ4n) is 3.40. The topological polar surface area (TPSA) is 57.5 Å². The quantitative estimate of drug-likeness (QED) is 0.546. The molecule has 0 saturated carbocycles. The van der Waals surface area contributed by atoms with Gasteiger partial charge in [-0.15, -0.1) is 0 Å². The molecule has 0 aliphatic carbocycles. The Kier molecular flexibility index (Phi) is 5.99. The fraction of sp³-hybridized carbons (Fsp3) is 0.304. The monoisotopic (exact) mass is 413 g/mol. The Bertz CT molecular complexity index is 1080. The number of carbonyl (C=O) groups excluding carboxylic acids is 2. The summed E-state index contributed by atoms with van der Waals surface area (Å²) >= 11 is 6.34. The van der Waals surface area contributed by atoms with Crippen LogP contribution in [0, 0.1) is 13.8 Å². The summed E-state index contributed by atoms with van der Waals surface area (Å²) < 4.78 is 12.3. The first kappa shape index (κ1) is 20.9. The van der Waals surface area contributed by atoms with Crippen LogP contribution < -0.4 is 4.74 Å². The van der Waals surface area contributed by atoms with E-state index in [-0.39, 0.29) is 24.4 Å². The van der Waals surface area contributed by atoms with E-state index in [1.54, 1.807) is 42.7 Å². The van der Waals surface area contributed by atoms with Crippen molar-refractivity contribution < 1.29 is 19.1 Å². The zero-order chi connectivity index (χ0) is 21.3. The minimum absolute atomic E-state index is 0.0550. The van der Waals surface area contributed by atoms with E-state index in [4.69, 9.17) is 21.1 Å². The summed E-state index contributed by atoms with van der Waals surface area (Å²) in [6, 6.07) is 10.8. The van der Waals surface area contributed by atoms with Gasteiger partial charge < -0.3 is 9.47 Å². The van der Waals surface area contributed by atoms with E-state index in [0.717, 1.165) is 16.5 Å². The minimum atomic E-state index is -0.348. The van der Waals surface area contributed by atoms with Crippen molar-refractivity contribution in [3.63, 3.8) is 0 Å². The van der Waals surface area contributed by atoms with Gasteiger partial charge in [-0.2, -0.15) is 0 Å². The van der Waals surface area contributed by atoms with Crippen molar-refractivity contribution in [3.8, 4) is 5.75 Å². The predicted octanol–water partition coefficient (Wildman–Crippen LogP) is 5.10. The first-order valence-electron chi connectivity index (χ1n) is 9.41. The largest absolute Gasteiger partial charge is 0.495 e. The molecular formula is C23H24ClNO4. The number of carbonyl (C=O) groups is 2. The van der Waals surface area contributed by atoms with Gasteiger partial charge in [0.1, 0.15) is 5.75 Å². The number of rotatable bonds is 5. The van der Waals surface area contributed by atoms with Gasteiger partial charge in [0.15, 0.2) is 0 Å². The molecule has 6 heteroatoms. The summed E-state index contributed by atoms with van der Waals surface area (Å²) in [7, 11) is 1.53. The molecule has 5 nitrogen and oxygen atoms in total. The molecule has 0 atom stereocenters. The SMILES string of the molecule is COc1cc2c(CC(=O)OC(C)C)c(C)n(C(=O)c3ccc(C)cc3)c2cc1Cl. The third-order valence-electron chi connectivity index (χ3n) is 4.80. The number of aromatic nitrogens is 1. The number of esters is 1. The maximum atomic E-state index is 13.3. The molecule has 3 aromatic rings. The molecule has 0 bridgehead atoms. The van der Waals surface area contributed by atoms with Crippen LogP contribution in [0.3, 0.4) is 0 Å². The molecule has 1 aromatic heterocycles. The third kappa shape index (κ3) is 4.15. The molecule has 0 aliphatic rings. The molecule has 29 heavy (non-hydrogen) atoms. The lowest BCUT2D eigenvalue weighted by Crippen LogP contribution is -2.16. The summed E-state index contributed by atoms with van der Waals surface area (Å²) in [4.78, 5) is 25.7. The van der Waals surface area contributed by atoms with E-state index in [9.17, 15) is 9.59 Å². The molecule has 1 heterocycles. The molecule has 0 unspecified atom stereocenters. The van der Waals surface area contributed by atoms with Crippen LogP contribution in [-0.4, -0.2) is 29.7 Å². The first-order valence-corrected chi connectivity index (χ1v) is 9.79. The molecule has 2 aromatic carbocycles. The highest BCUT2D eigenvalue weighted by atomic mass is 35.5. The van der Waals surface area contributed by atoms with Crippen molar-refractivity contribution in [1.29, 1.82) is 0 Å². The van der Waals surface area contributed by atoms with E-state index >= 15 is 0 Å². The van der Waals surface area contributed by atoms with Crippen molar-refractivity contribution in [2.24, 2.45) is 0 Å². The lowest BCUT2D eigenvalue weighted by atomic mass is 10.1. The summed E-state index contributed by atoms with van der Waals surface area (Å²) in [6.45, 7) is 7.40. The highest BCUT2D eigenvalue weighted by Gasteiger charge is 2.23. The van der Waals surface area contributed by atoms with Crippen LogP contribution in [0.15, 0.2) is 36.4 Å². The summed E-state index contributed by atoms with van der Waals surface area (Å²) in [6.07, 6.45) is -0.159. The van der Waals surface area contributed by atoms with E-state index in [2.05, 4.69) is 0 Å². The van der Waals surface area contributed by atoms with Crippen LogP contribution in [0.5, 0.6) is 5.75 Å². The number of fused-ring (bicyclic) bond motifs is 1. The number of halogens is 1. The smallest absolute Gasteiger partial charge is 0.310 e. The third-order valence-corrected chi connectivity index (χ3v) is 5.09. The van der Waals surface area contributed by atoms with Crippen LogP contribution in [0.1, 0.15) is 41.0 Å². The van der Waals surface area contributed by atoms with E-state index < -0.39 is 0 Å². The normalized spacial score (nSPS) is 11.1. The zero-order valence-corrected chi connectivity index (χ0v) is 18.0. The van der Waals surface area contributed by atoms with Gasteiger partial charge in [-0.25, -0.2) is 0 Å². The molecule has 0 radical (unpaired) electrons. The van der Waals surface area contributed by atoms with E-state index in [1.807, 2.05) is 26.0 Å². The number of benzene rings is 2. The molecular weight excluding hydrogens is 390 g/mol. The number of aryl methyl sites for hydroxylation is 1. The Morgan fingerprint density at radius 1 is 1.10 bits per heavy atom. The number of hydrogen-bond acceptors (Lipinski definition) is 4. The molecule has 0 spiro atoms. The number of methoxy groups -OCH3 is 1. The molecule has 0 saturated heterocycles. The van der Waals surface area contributed by atoms with E-state index in [1.165, 1.54) is 7.11 Å². The van der Waals surface area contributed by atoms with Crippen LogP contribution in [0.4, 0.5) is 0 Å². The summed E-state index contributed by atoms with van der Waals surface area (Å²) in [5.74, 6) is -0.0476. The Labute approximate surface area is 175 Å². The van der Waals surface area contributed by atoms with Gasteiger partial charge in [0.05, 0.1) is 30.2 Å². The fourth-order valence-corrected chi connectivity index (χ4v) is 3.63. The van der Waals surface area contributed by atoms with Crippen molar-refractivity contribution in [1.82, 2.24) is 4.57 Å². The maximum absolute atomic E-state index is 13.3. The molecule has 3 rings (SSSR count). The second-order valence-corrected chi connectivity index (χ2v) is 7.70. The standard InChI is InChI=1S/C23H24ClNO4/c1-13(2)29-22(26)11-17-15(4)25(23(27)16-8-6-14(3)7-9-16)20-12-19(24)21(28-5)10-18(17)20/h6-10,12-13H,11H2,1-5H3. The number of hydrogen-bond donors (Lipinski definition) is 0. The minimum Gasteiger partial charge on any atom is -0.495 e. The molecule has 0 N–H and O–H groups in total. The van der Waals surface area contributed by atoms with Crippen LogP contribution in [0.25, 0.3) is 10.9 Å². The Hall–Kier alpha value is -2.79. The van der Waals surface area contributed by atoms with Crippen molar-refractivity contribution in [2.75, 3.05) is 7.11 Å². The number of nitrogens with zero attached hydrogens (tertiary/aromatic N) is 1. The average molecular weight is 414 g/mol. The van der Waals surface area contributed by atoms with Gasteiger partial charge in [0.2, 0.25) is 0 Å². The van der Waals surface area contributed by atoms with Crippen LogP contribution >= 0.6 is 11.6 Å². The lowest BCUT2D eigenvalue weighted by Gasteiger charge is -2.09. The highest BCUT2D eigenvalue weighted by molar-refractivity contribution is 6.33. The average Bonchev–Trinajstić information content (AvgIpc) is 2.91. The van der Waals surface area contributed by atoms with Gasteiger partial charge >= 0.3 is 5.97 Å². The predicted molar refractivity (Wildman–Crippen MR) is 114 cm³/mol. The summed E-state index contributed by atoms with van der Waals surface area (Å²) in [5, 5.41) is 1.14. The van der Waals surface area contributed by atoms with Gasteiger partial charge in [0.25, 0.3) is 5.91 Å². The molecule has 0 aliphatic heterocycles. The second kappa shape index (κ2) is 8.29. The van der Waals surface area contributed by atoms with Crippen LogP contribution in [-0.2, 0) is 16.0 Å².